The number of aromatic nitrogens is 3. The van der Waals surface area contributed by atoms with Gasteiger partial charge in [-0.3, -0.25) is 19.8 Å². The number of pyridine rings is 1. The molecule has 0 bridgehead atoms. The predicted octanol–water partition coefficient (Wildman–Crippen LogP) is 1.81. The lowest BCUT2D eigenvalue weighted by atomic mass is 10.2. The molecular formula is C18H16N6O4S2. The first-order valence-corrected chi connectivity index (χ1v) is 10.3. The average Bonchev–Trinajstić information content (AvgIpc) is 2.75. The first-order chi connectivity index (χ1) is 14.4. The van der Waals surface area contributed by atoms with Gasteiger partial charge in [0.1, 0.15) is 0 Å². The van der Waals surface area contributed by atoms with E-state index >= 15 is 0 Å². The molecule has 30 heavy (non-hydrogen) atoms. The highest BCUT2D eigenvalue weighted by molar-refractivity contribution is 7.92. The van der Waals surface area contributed by atoms with Gasteiger partial charge in [0, 0.05) is 36.0 Å². The standard InChI is InChI=1S/C18H16N6O4S2/c1-28-17-15(20-10-11-21-17)24-30(26,27)14-4-2-13(3-5-14)22-18(29)23-16(25)12-6-8-19-9-7-12/h2-11H,1H3,(H,20,24)(H2,22,23,25,29). The van der Waals surface area contributed by atoms with Crippen molar-refractivity contribution in [2.45, 2.75) is 4.90 Å². The molecule has 3 rings (SSSR count). The summed E-state index contributed by atoms with van der Waals surface area (Å²) in [7, 11) is -2.56. The molecule has 0 saturated heterocycles. The molecule has 0 fully saturated rings. The summed E-state index contributed by atoms with van der Waals surface area (Å²) in [6.07, 6.45) is 5.71. The Kier molecular flexibility index (Phi) is 6.49. The van der Waals surface area contributed by atoms with Crippen LogP contribution in [-0.4, -0.2) is 41.5 Å². The summed E-state index contributed by atoms with van der Waals surface area (Å²) < 4.78 is 32.4. The molecule has 1 amide bonds. The van der Waals surface area contributed by atoms with Gasteiger partial charge in [-0.15, -0.1) is 0 Å². The Morgan fingerprint density at radius 3 is 2.33 bits per heavy atom. The smallest absolute Gasteiger partial charge is 0.263 e. The van der Waals surface area contributed by atoms with Gasteiger partial charge < -0.3 is 10.1 Å². The second-order valence-electron chi connectivity index (χ2n) is 5.69. The molecule has 3 aromatic rings. The van der Waals surface area contributed by atoms with Crippen LogP contribution in [0.25, 0.3) is 0 Å². The van der Waals surface area contributed by atoms with Gasteiger partial charge in [0.05, 0.1) is 12.0 Å². The Morgan fingerprint density at radius 2 is 1.67 bits per heavy atom. The molecule has 0 aliphatic carbocycles. The number of hydrogen-bond acceptors (Lipinski definition) is 8. The van der Waals surface area contributed by atoms with Crippen LogP contribution in [0.4, 0.5) is 11.5 Å². The number of carbonyl (C=O) groups excluding carboxylic acids is 1. The Morgan fingerprint density at radius 1 is 1.00 bits per heavy atom. The zero-order valence-corrected chi connectivity index (χ0v) is 17.2. The minimum absolute atomic E-state index is 0.00695. The minimum atomic E-state index is -3.91. The molecule has 0 unspecified atom stereocenters. The number of anilines is 2. The van der Waals surface area contributed by atoms with Gasteiger partial charge in [-0.1, -0.05) is 0 Å². The van der Waals surface area contributed by atoms with E-state index in [2.05, 4.69) is 30.3 Å². The molecule has 2 heterocycles. The van der Waals surface area contributed by atoms with Crippen molar-refractivity contribution in [3.05, 3.63) is 66.7 Å². The number of carbonyl (C=O) groups is 1. The highest BCUT2D eigenvalue weighted by Crippen LogP contribution is 2.22. The van der Waals surface area contributed by atoms with Gasteiger partial charge in [0.15, 0.2) is 5.11 Å². The van der Waals surface area contributed by atoms with Gasteiger partial charge >= 0.3 is 0 Å². The van der Waals surface area contributed by atoms with Gasteiger partial charge in [-0.25, -0.2) is 18.4 Å². The Bertz CT molecular complexity index is 1150. The van der Waals surface area contributed by atoms with E-state index in [-0.39, 0.29) is 21.7 Å². The number of rotatable bonds is 6. The summed E-state index contributed by atoms with van der Waals surface area (Å²) in [4.78, 5) is 23.7. The fraction of sp³-hybridized carbons (Fsp3) is 0.0556. The normalized spacial score (nSPS) is 10.7. The van der Waals surface area contributed by atoms with Crippen molar-refractivity contribution >= 4 is 44.8 Å². The van der Waals surface area contributed by atoms with Gasteiger partial charge in [0.2, 0.25) is 5.82 Å². The molecule has 0 saturated carbocycles. The molecule has 12 heteroatoms. The van der Waals surface area contributed by atoms with Crippen LogP contribution in [0.2, 0.25) is 0 Å². The van der Waals surface area contributed by atoms with Crippen LogP contribution in [-0.2, 0) is 10.0 Å². The number of ether oxygens (including phenoxy) is 1. The molecule has 1 aromatic carbocycles. The summed E-state index contributed by atoms with van der Waals surface area (Å²) in [5.41, 5.74) is 0.896. The van der Waals surface area contributed by atoms with Crippen molar-refractivity contribution in [3.63, 3.8) is 0 Å². The number of methoxy groups -OCH3 is 1. The fourth-order valence-corrected chi connectivity index (χ4v) is 3.51. The lowest BCUT2D eigenvalue weighted by molar-refractivity contribution is 0.0977. The van der Waals surface area contributed by atoms with Crippen molar-refractivity contribution in [1.82, 2.24) is 20.3 Å². The Balaban J connectivity index is 1.65. The van der Waals surface area contributed by atoms with Gasteiger partial charge in [0.25, 0.3) is 21.8 Å². The monoisotopic (exact) mass is 444 g/mol. The minimum Gasteiger partial charge on any atom is -0.478 e. The van der Waals surface area contributed by atoms with Crippen LogP contribution < -0.4 is 20.1 Å². The van der Waals surface area contributed by atoms with Crippen molar-refractivity contribution < 1.29 is 17.9 Å². The molecule has 0 aliphatic rings. The molecule has 0 atom stereocenters. The van der Waals surface area contributed by atoms with E-state index in [0.29, 0.717) is 11.3 Å². The first kappa shape index (κ1) is 21.1. The number of sulfonamides is 1. The summed E-state index contributed by atoms with van der Waals surface area (Å²) in [6.45, 7) is 0. The van der Waals surface area contributed by atoms with Crippen LogP contribution in [0.1, 0.15) is 10.4 Å². The molecular weight excluding hydrogens is 428 g/mol. The second kappa shape index (κ2) is 9.24. The summed E-state index contributed by atoms with van der Waals surface area (Å²) >= 11 is 5.11. The predicted molar refractivity (Wildman–Crippen MR) is 114 cm³/mol. The van der Waals surface area contributed by atoms with Crippen LogP contribution in [0.15, 0.2) is 66.1 Å². The number of amides is 1. The molecule has 154 valence electrons. The maximum Gasteiger partial charge on any atom is 0.263 e. The molecule has 0 radical (unpaired) electrons. The quantitative estimate of drug-likeness (QED) is 0.486. The van der Waals surface area contributed by atoms with Crippen LogP contribution in [0.5, 0.6) is 5.88 Å². The first-order valence-electron chi connectivity index (χ1n) is 8.39. The number of nitrogens with one attached hydrogen (secondary N) is 3. The molecule has 3 N–H and O–H groups in total. The maximum atomic E-state index is 12.6. The lowest BCUT2D eigenvalue weighted by Crippen LogP contribution is -2.34. The fourth-order valence-electron chi connectivity index (χ4n) is 2.29. The highest BCUT2D eigenvalue weighted by Gasteiger charge is 2.18. The number of nitrogens with zero attached hydrogens (tertiary/aromatic N) is 3. The topological polar surface area (TPSA) is 135 Å². The SMILES string of the molecule is COc1nccnc1NS(=O)(=O)c1ccc(NC(=S)NC(=O)c2ccncc2)cc1. The molecule has 0 aliphatic heterocycles. The van der Waals surface area contributed by atoms with Crippen molar-refractivity contribution in [2.75, 3.05) is 17.1 Å². The Hall–Kier alpha value is -3.64. The molecule has 10 nitrogen and oxygen atoms in total. The largest absolute Gasteiger partial charge is 0.478 e. The van der Waals surface area contributed by atoms with Crippen LogP contribution in [0, 0.1) is 0 Å². The number of benzene rings is 1. The second-order valence-corrected chi connectivity index (χ2v) is 7.78. The average molecular weight is 444 g/mol. The third kappa shape index (κ3) is 5.24. The van der Waals surface area contributed by atoms with Crippen LogP contribution in [0.3, 0.4) is 0 Å². The highest BCUT2D eigenvalue weighted by atomic mass is 32.2. The summed E-state index contributed by atoms with van der Waals surface area (Å²) in [5.74, 6) is -0.368. The third-order valence-electron chi connectivity index (χ3n) is 3.68. The van der Waals surface area contributed by atoms with Gasteiger partial charge in [-0.05, 0) is 48.6 Å². The Labute approximate surface area is 177 Å². The van der Waals surface area contributed by atoms with E-state index < -0.39 is 15.9 Å². The van der Waals surface area contributed by atoms with Crippen LogP contribution >= 0.6 is 12.2 Å². The number of thiocarbonyl (C=S) groups is 1. The van der Waals surface area contributed by atoms with Crippen molar-refractivity contribution in [2.24, 2.45) is 0 Å². The zero-order chi connectivity index (χ0) is 21.6. The van der Waals surface area contributed by atoms with E-state index in [1.54, 1.807) is 12.1 Å². The molecule has 2 aromatic heterocycles. The van der Waals surface area contributed by atoms with E-state index in [1.807, 2.05) is 0 Å². The third-order valence-corrected chi connectivity index (χ3v) is 5.24. The maximum absolute atomic E-state index is 12.6. The lowest BCUT2D eigenvalue weighted by Gasteiger charge is -2.11. The van der Waals surface area contributed by atoms with E-state index in [0.717, 1.165) is 0 Å². The van der Waals surface area contributed by atoms with Crippen molar-refractivity contribution in [1.29, 1.82) is 0 Å². The van der Waals surface area contributed by atoms with Crippen molar-refractivity contribution in [3.8, 4) is 5.88 Å². The zero-order valence-electron chi connectivity index (χ0n) is 15.6. The summed E-state index contributed by atoms with van der Waals surface area (Å²) in [6, 6.07) is 8.87. The van der Waals surface area contributed by atoms with E-state index in [4.69, 9.17) is 17.0 Å². The van der Waals surface area contributed by atoms with E-state index in [1.165, 1.54) is 56.2 Å². The van der Waals surface area contributed by atoms with Gasteiger partial charge in [-0.2, -0.15) is 0 Å². The summed E-state index contributed by atoms with van der Waals surface area (Å²) in [5, 5.41) is 5.41. The molecule has 0 spiro atoms. The van der Waals surface area contributed by atoms with E-state index in [9.17, 15) is 13.2 Å². The number of hydrogen-bond donors (Lipinski definition) is 3.